The zero-order chi connectivity index (χ0) is 13.7. The van der Waals surface area contributed by atoms with Crippen LogP contribution in [0.3, 0.4) is 0 Å². The van der Waals surface area contributed by atoms with Crippen LogP contribution in [0.25, 0.3) is 0 Å². The molecule has 0 atom stereocenters. The first-order valence-electron chi connectivity index (χ1n) is 5.07. The van der Waals surface area contributed by atoms with Crippen molar-refractivity contribution < 1.29 is 9.59 Å². The number of carbonyl (C=O) groups is 2. The van der Waals surface area contributed by atoms with E-state index in [1.54, 1.807) is 0 Å². The maximum absolute atomic E-state index is 10.8. The molecule has 0 spiro atoms. The summed E-state index contributed by atoms with van der Waals surface area (Å²) in [6, 6.07) is 0. The Bertz CT molecular complexity index is 227. The van der Waals surface area contributed by atoms with E-state index in [0.717, 1.165) is 0 Å². The van der Waals surface area contributed by atoms with E-state index in [9.17, 15) is 9.59 Å². The number of rotatable bonds is 0. The molecule has 0 heterocycles. The highest BCUT2D eigenvalue weighted by molar-refractivity contribution is 7.80. The van der Waals surface area contributed by atoms with E-state index in [2.05, 4.69) is 35.1 Å². The highest BCUT2D eigenvalue weighted by Crippen LogP contribution is 1.74. The minimum Gasteiger partial charge on any atom is -0.312 e. The zero-order valence-electron chi connectivity index (χ0n) is 10.6. The van der Waals surface area contributed by atoms with Crippen LogP contribution in [0.5, 0.6) is 0 Å². The van der Waals surface area contributed by atoms with Crippen molar-refractivity contribution in [2.75, 3.05) is 0 Å². The maximum atomic E-state index is 10.8. The molecule has 0 aromatic heterocycles. The van der Waals surface area contributed by atoms with Gasteiger partial charge in [0.1, 0.15) is 0 Å². The first kappa shape index (κ1) is 20.5. The highest BCUT2D eigenvalue weighted by atomic mass is 32.1. The van der Waals surface area contributed by atoms with Crippen molar-refractivity contribution >= 4 is 46.2 Å². The molecular formula is C10H20N2O2S2. The second-order valence-corrected chi connectivity index (χ2v) is 3.25. The number of nitrogens with one attached hydrogen (secondary N) is 2. The molecule has 2 N–H and O–H groups in total. The van der Waals surface area contributed by atoms with E-state index in [1.165, 1.54) is 13.8 Å². The van der Waals surface area contributed by atoms with Crippen molar-refractivity contribution in [3.05, 3.63) is 0 Å². The lowest BCUT2D eigenvalue weighted by Crippen LogP contribution is -2.42. The molecule has 0 saturated heterocycles. The minimum atomic E-state index is -0.799. The Kier molecular flexibility index (Phi) is 18.1. The summed E-state index contributed by atoms with van der Waals surface area (Å²) in [7, 11) is 0. The third kappa shape index (κ3) is 15.6. The van der Waals surface area contributed by atoms with Gasteiger partial charge in [-0.15, -0.1) is 0 Å². The smallest absolute Gasteiger partial charge is 0.312 e. The van der Waals surface area contributed by atoms with Crippen molar-refractivity contribution in [3.63, 3.8) is 0 Å². The predicted molar refractivity (Wildman–Crippen MR) is 75.5 cm³/mol. The van der Waals surface area contributed by atoms with Gasteiger partial charge in [-0.1, -0.05) is 52.1 Å². The van der Waals surface area contributed by atoms with E-state index in [4.69, 9.17) is 0 Å². The van der Waals surface area contributed by atoms with E-state index in [1.807, 2.05) is 27.7 Å². The monoisotopic (exact) mass is 264 g/mol. The van der Waals surface area contributed by atoms with Crippen LogP contribution >= 0.6 is 24.4 Å². The average molecular weight is 264 g/mol. The molecule has 0 aliphatic heterocycles. The first-order valence-corrected chi connectivity index (χ1v) is 5.88. The third-order valence-corrected chi connectivity index (χ3v) is 0.989. The molecule has 4 nitrogen and oxygen atoms in total. The topological polar surface area (TPSA) is 58.2 Å². The quantitative estimate of drug-likeness (QED) is 0.519. The van der Waals surface area contributed by atoms with Crippen LogP contribution in [-0.4, -0.2) is 21.8 Å². The lowest BCUT2D eigenvalue weighted by Gasteiger charge is -2.01. The van der Waals surface area contributed by atoms with Gasteiger partial charge in [-0.05, 0) is 13.8 Å². The Balaban J connectivity index is -0.000000376. The highest BCUT2D eigenvalue weighted by Gasteiger charge is 2.12. The van der Waals surface area contributed by atoms with Crippen LogP contribution < -0.4 is 10.6 Å². The predicted octanol–water partition coefficient (Wildman–Crippen LogP) is 1.97. The Labute approximate surface area is 108 Å². The summed E-state index contributed by atoms with van der Waals surface area (Å²) in [5.74, 6) is -1.60. The van der Waals surface area contributed by atoms with Crippen molar-refractivity contribution in [1.82, 2.24) is 10.6 Å². The SMILES string of the molecule is CC.CC.CC(=S)NC(=O)C(=O)NC(C)=S. The molecular weight excluding hydrogens is 244 g/mol. The summed E-state index contributed by atoms with van der Waals surface area (Å²) in [6.45, 7) is 11.0. The van der Waals surface area contributed by atoms with Gasteiger partial charge in [-0.3, -0.25) is 9.59 Å². The van der Waals surface area contributed by atoms with Crippen molar-refractivity contribution in [3.8, 4) is 0 Å². The first-order chi connectivity index (χ1) is 7.43. The second kappa shape index (κ2) is 14.1. The Morgan fingerprint density at radius 2 is 0.938 bits per heavy atom. The van der Waals surface area contributed by atoms with E-state index in [-0.39, 0.29) is 9.98 Å². The van der Waals surface area contributed by atoms with Crippen molar-refractivity contribution in [2.45, 2.75) is 41.5 Å². The minimum absolute atomic E-state index is 0.247. The molecule has 0 unspecified atom stereocenters. The van der Waals surface area contributed by atoms with Gasteiger partial charge in [0.15, 0.2) is 0 Å². The Morgan fingerprint density at radius 1 is 0.750 bits per heavy atom. The van der Waals surface area contributed by atoms with Crippen LogP contribution in [-0.2, 0) is 9.59 Å². The molecule has 2 amide bonds. The normalized spacial score (nSPS) is 7.12. The fraction of sp³-hybridized carbons (Fsp3) is 0.600. The van der Waals surface area contributed by atoms with E-state index >= 15 is 0 Å². The summed E-state index contributed by atoms with van der Waals surface area (Å²) >= 11 is 9.12. The standard InChI is InChI=1S/C6H8N2O2S2.2C2H6/c1-3(11)7-5(9)6(10)8-4(2)12;2*1-2/h1-2H3,(H,7,9,11)(H,8,10,12);2*1-2H3. The number of hydrogen-bond donors (Lipinski definition) is 2. The molecule has 0 aromatic carbocycles. The summed E-state index contributed by atoms with van der Waals surface area (Å²) < 4.78 is 0. The van der Waals surface area contributed by atoms with E-state index < -0.39 is 11.8 Å². The molecule has 0 aliphatic rings. The summed E-state index contributed by atoms with van der Waals surface area (Å²) in [4.78, 5) is 22.1. The Hall–Kier alpha value is -0.880. The van der Waals surface area contributed by atoms with Crippen molar-refractivity contribution in [1.29, 1.82) is 0 Å². The zero-order valence-corrected chi connectivity index (χ0v) is 12.3. The second-order valence-electron chi connectivity index (χ2n) is 2.02. The lowest BCUT2D eigenvalue weighted by atomic mass is 10.5. The molecule has 6 heteroatoms. The molecule has 94 valence electrons. The number of carbonyl (C=O) groups excluding carboxylic acids is 2. The Morgan fingerprint density at radius 3 is 1.06 bits per heavy atom. The van der Waals surface area contributed by atoms with Crippen LogP contribution in [0.4, 0.5) is 0 Å². The molecule has 16 heavy (non-hydrogen) atoms. The molecule has 0 rings (SSSR count). The number of amides is 2. The lowest BCUT2D eigenvalue weighted by molar-refractivity contribution is -0.137. The summed E-state index contributed by atoms with van der Waals surface area (Å²) in [5.41, 5.74) is 0. The fourth-order valence-electron chi connectivity index (χ4n) is 0.433. The largest absolute Gasteiger partial charge is 0.314 e. The average Bonchev–Trinajstić information content (AvgIpc) is 2.21. The molecule has 0 bridgehead atoms. The molecule has 0 aromatic rings. The van der Waals surface area contributed by atoms with Gasteiger partial charge < -0.3 is 10.6 Å². The third-order valence-electron chi connectivity index (χ3n) is 0.785. The van der Waals surface area contributed by atoms with Crippen molar-refractivity contribution in [2.24, 2.45) is 0 Å². The van der Waals surface area contributed by atoms with Gasteiger partial charge >= 0.3 is 11.8 Å². The summed E-state index contributed by atoms with van der Waals surface area (Å²) in [5, 5.41) is 4.34. The number of hydrogen-bond acceptors (Lipinski definition) is 4. The molecule has 0 saturated carbocycles. The molecule has 0 fully saturated rings. The van der Waals surface area contributed by atoms with E-state index in [0.29, 0.717) is 0 Å². The number of thiocarbonyl (C=S) groups is 2. The van der Waals surface area contributed by atoms with Gasteiger partial charge in [-0.2, -0.15) is 0 Å². The van der Waals surface area contributed by atoms with Gasteiger partial charge in [0, 0.05) is 0 Å². The molecule has 0 aliphatic carbocycles. The van der Waals surface area contributed by atoms with Gasteiger partial charge in [0.05, 0.1) is 9.98 Å². The van der Waals surface area contributed by atoms with Gasteiger partial charge in [0.2, 0.25) is 0 Å². The molecule has 0 radical (unpaired) electrons. The van der Waals surface area contributed by atoms with Gasteiger partial charge in [-0.25, -0.2) is 0 Å². The van der Waals surface area contributed by atoms with Crippen LogP contribution in [0.2, 0.25) is 0 Å². The van der Waals surface area contributed by atoms with Crippen LogP contribution in [0, 0.1) is 0 Å². The van der Waals surface area contributed by atoms with Crippen LogP contribution in [0.1, 0.15) is 41.5 Å². The van der Waals surface area contributed by atoms with Crippen LogP contribution in [0.15, 0.2) is 0 Å². The van der Waals surface area contributed by atoms with Gasteiger partial charge in [0.25, 0.3) is 0 Å². The summed E-state index contributed by atoms with van der Waals surface area (Å²) in [6.07, 6.45) is 0. The fourth-order valence-corrected chi connectivity index (χ4v) is 0.619. The maximum Gasteiger partial charge on any atom is 0.314 e.